The van der Waals surface area contributed by atoms with Gasteiger partial charge in [-0.25, -0.2) is 0 Å². The first-order chi connectivity index (χ1) is 31.7. The molecular weight excluding hydrogens is 791 g/mol. The highest BCUT2D eigenvalue weighted by atomic mass is 32.1. The molecule has 0 N–H and O–H groups in total. The van der Waals surface area contributed by atoms with Crippen LogP contribution in [0.4, 0.5) is 17.1 Å². The zero-order valence-electron chi connectivity index (χ0n) is 34.9. The molecule has 13 rings (SSSR count). The van der Waals surface area contributed by atoms with Crippen molar-refractivity contribution < 1.29 is 0 Å². The average molecular weight is 830 g/mol. The highest BCUT2D eigenvalue weighted by Gasteiger charge is 2.22. The molecule has 298 valence electrons. The number of hydrogen-bond acceptors (Lipinski definition) is 2. The fraction of sp³-hybridized carbons (Fsp3) is 0. The van der Waals surface area contributed by atoms with E-state index in [1.165, 1.54) is 113 Å². The highest BCUT2D eigenvalue weighted by Crippen LogP contribution is 2.50. The van der Waals surface area contributed by atoms with Crippen LogP contribution in [0.2, 0.25) is 0 Å². The first-order valence-electron chi connectivity index (χ1n) is 22.0. The Hall–Kier alpha value is -8.04. The number of thiophene rings is 1. The third kappa shape index (κ3) is 5.91. The van der Waals surface area contributed by atoms with E-state index in [0.717, 1.165) is 11.4 Å². The fourth-order valence-electron chi connectivity index (χ4n) is 10.2. The van der Waals surface area contributed by atoms with Crippen LogP contribution in [-0.2, 0) is 0 Å². The van der Waals surface area contributed by atoms with Crippen LogP contribution >= 0.6 is 11.3 Å². The number of anilines is 3. The lowest BCUT2D eigenvalue weighted by molar-refractivity contribution is 1.32. The SMILES string of the molecule is c1ccc(-c2ccc(-c3ccc(N(c4ccc5cc(-c6cc7ccccc7c7ccccc67)ccc5c4)c4c5ccccc5cc5c4sc4ccccc45)cc3)c3ccccc23)cc1. The summed E-state index contributed by atoms with van der Waals surface area (Å²) < 4.78 is 2.58. The van der Waals surface area contributed by atoms with Crippen molar-refractivity contribution in [2.75, 3.05) is 4.90 Å². The molecule has 1 aromatic heterocycles. The second kappa shape index (κ2) is 14.8. The normalized spacial score (nSPS) is 11.8. The number of rotatable bonds is 6. The van der Waals surface area contributed by atoms with Gasteiger partial charge in [-0.3, -0.25) is 0 Å². The maximum Gasteiger partial charge on any atom is 0.0718 e. The summed E-state index contributed by atoms with van der Waals surface area (Å²) in [7, 11) is 0. The molecule has 0 radical (unpaired) electrons. The second-order valence-corrected chi connectivity index (χ2v) is 17.9. The lowest BCUT2D eigenvalue weighted by Crippen LogP contribution is -2.11. The van der Waals surface area contributed by atoms with Crippen LogP contribution in [-0.4, -0.2) is 0 Å². The minimum absolute atomic E-state index is 1.11. The number of benzene rings is 12. The van der Waals surface area contributed by atoms with Crippen LogP contribution in [0.15, 0.2) is 237 Å². The van der Waals surface area contributed by atoms with E-state index < -0.39 is 0 Å². The van der Waals surface area contributed by atoms with Crippen LogP contribution in [0, 0.1) is 0 Å². The van der Waals surface area contributed by atoms with Gasteiger partial charge in [0, 0.05) is 32.2 Å². The van der Waals surface area contributed by atoms with Gasteiger partial charge < -0.3 is 4.90 Å². The van der Waals surface area contributed by atoms with Crippen molar-refractivity contribution in [2.45, 2.75) is 0 Å². The standard InChI is InChI=1S/C62H39NS/c1-2-14-40(15-3-1)50-34-35-51(55-22-9-8-21-54(50)55)41-28-31-47(32-29-41)63(61-52-19-7-5-17-45(52)39-59-57-24-12-13-25-60(57)64-62(59)61)48-33-30-42-36-46(27-26-43(42)37-48)58-38-44-16-4-6-18-49(44)53-20-10-11-23-56(53)58/h1-39H. The third-order valence-electron chi connectivity index (χ3n) is 13.2. The number of nitrogens with zero attached hydrogens (tertiary/aromatic N) is 1. The van der Waals surface area contributed by atoms with Gasteiger partial charge in [0.15, 0.2) is 0 Å². The predicted octanol–water partition coefficient (Wildman–Crippen LogP) is 18.3. The molecule has 0 unspecified atom stereocenters. The molecule has 1 nitrogen and oxygen atoms in total. The van der Waals surface area contributed by atoms with Crippen molar-refractivity contribution in [2.24, 2.45) is 0 Å². The topological polar surface area (TPSA) is 3.24 Å². The summed E-state index contributed by atoms with van der Waals surface area (Å²) in [6.07, 6.45) is 0. The van der Waals surface area contributed by atoms with E-state index in [1.807, 2.05) is 11.3 Å². The molecule has 0 aliphatic heterocycles. The molecule has 1 heterocycles. The lowest BCUT2D eigenvalue weighted by atomic mass is 9.92. The Morgan fingerprint density at radius 1 is 0.266 bits per heavy atom. The van der Waals surface area contributed by atoms with Crippen molar-refractivity contribution in [3.05, 3.63) is 237 Å². The highest BCUT2D eigenvalue weighted by molar-refractivity contribution is 7.26. The van der Waals surface area contributed by atoms with Crippen molar-refractivity contribution >= 4 is 102 Å². The number of hydrogen-bond donors (Lipinski definition) is 0. The summed E-state index contributed by atoms with van der Waals surface area (Å²) >= 11 is 1.88. The molecule has 0 spiro atoms. The Kier molecular flexibility index (Phi) is 8.47. The first-order valence-corrected chi connectivity index (χ1v) is 22.8. The maximum absolute atomic E-state index is 2.50. The van der Waals surface area contributed by atoms with E-state index in [9.17, 15) is 0 Å². The predicted molar refractivity (Wildman–Crippen MR) is 278 cm³/mol. The molecule has 0 fully saturated rings. The molecule has 64 heavy (non-hydrogen) atoms. The van der Waals surface area contributed by atoms with E-state index in [-0.39, 0.29) is 0 Å². The smallest absolute Gasteiger partial charge is 0.0718 e. The summed E-state index contributed by atoms with van der Waals surface area (Å²) in [4.78, 5) is 2.50. The fourth-order valence-corrected chi connectivity index (χ4v) is 11.4. The van der Waals surface area contributed by atoms with Crippen molar-refractivity contribution in [3.8, 4) is 33.4 Å². The molecule has 0 bridgehead atoms. The molecular formula is C62H39NS. The summed E-state index contributed by atoms with van der Waals surface area (Å²) in [6.45, 7) is 0. The van der Waals surface area contributed by atoms with E-state index >= 15 is 0 Å². The van der Waals surface area contributed by atoms with E-state index in [2.05, 4.69) is 241 Å². The van der Waals surface area contributed by atoms with Gasteiger partial charge in [0.2, 0.25) is 0 Å². The molecule has 2 heteroatoms. The van der Waals surface area contributed by atoms with E-state index in [0.29, 0.717) is 0 Å². The molecule has 0 saturated heterocycles. The Labute approximate surface area is 375 Å². The Balaban J connectivity index is 0.994. The Bertz CT molecular complexity index is 3960. The molecule has 0 aliphatic rings. The zero-order valence-corrected chi connectivity index (χ0v) is 35.7. The van der Waals surface area contributed by atoms with Crippen molar-refractivity contribution in [1.29, 1.82) is 0 Å². The molecule has 0 amide bonds. The largest absolute Gasteiger partial charge is 0.308 e. The van der Waals surface area contributed by atoms with Crippen molar-refractivity contribution in [3.63, 3.8) is 0 Å². The summed E-state index contributed by atoms with van der Waals surface area (Å²) in [6, 6.07) is 87.3. The summed E-state index contributed by atoms with van der Waals surface area (Å²) in [5, 5.41) is 15.1. The summed E-state index contributed by atoms with van der Waals surface area (Å²) in [5.41, 5.74) is 10.8. The van der Waals surface area contributed by atoms with Gasteiger partial charge in [0.05, 0.1) is 10.4 Å². The van der Waals surface area contributed by atoms with Crippen molar-refractivity contribution in [1.82, 2.24) is 0 Å². The van der Waals surface area contributed by atoms with Gasteiger partial charge in [0.25, 0.3) is 0 Å². The minimum atomic E-state index is 1.11. The van der Waals surface area contributed by atoms with Gasteiger partial charge in [-0.1, -0.05) is 188 Å². The third-order valence-corrected chi connectivity index (χ3v) is 14.4. The molecule has 0 saturated carbocycles. The van der Waals surface area contributed by atoms with Gasteiger partial charge in [-0.05, 0) is 130 Å². The molecule has 12 aromatic carbocycles. The van der Waals surface area contributed by atoms with Gasteiger partial charge in [-0.15, -0.1) is 11.3 Å². The van der Waals surface area contributed by atoms with Gasteiger partial charge >= 0.3 is 0 Å². The van der Waals surface area contributed by atoms with Crippen LogP contribution in [0.3, 0.4) is 0 Å². The molecule has 0 aliphatic carbocycles. The quantitative estimate of drug-likeness (QED) is 0.151. The zero-order chi connectivity index (χ0) is 42.1. The van der Waals surface area contributed by atoms with Crippen LogP contribution in [0.1, 0.15) is 0 Å². The summed E-state index contributed by atoms with van der Waals surface area (Å²) in [5.74, 6) is 0. The average Bonchev–Trinajstić information content (AvgIpc) is 3.74. The Morgan fingerprint density at radius 2 is 0.781 bits per heavy atom. The van der Waals surface area contributed by atoms with Gasteiger partial charge in [-0.2, -0.15) is 0 Å². The van der Waals surface area contributed by atoms with E-state index in [1.54, 1.807) is 0 Å². The molecule has 0 atom stereocenters. The molecule has 13 aromatic rings. The second-order valence-electron chi connectivity index (χ2n) is 16.8. The first kappa shape index (κ1) is 36.6. The van der Waals surface area contributed by atoms with Crippen LogP contribution < -0.4 is 4.90 Å². The number of fused-ring (bicyclic) bond motifs is 9. The van der Waals surface area contributed by atoms with Gasteiger partial charge in [0.1, 0.15) is 0 Å². The Morgan fingerprint density at radius 3 is 1.52 bits per heavy atom. The van der Waals surface area contributed by atoms with Crippen LogP contribution in [0.5, 0.6) is 0 Å². The maximum atomic E-state index is 2.50. The lowest BCUT2D eigenvalue weighted by Gasteiger charge is -2.28. The monoisotopic (exact) mass is 829 g/mol. The minimum Gasteiger partial charge on any atom is -0.308 e. The van der Waals surface area contributed by atoms with Crippen LogP contribution in [0.25, 0.3) is 107 Å². The van der Waals surface area contributed by atoms with E-state index in [4.69, 9.17) is 0 Å².